The lowest BCUT2D eigenvalue weighted by molar-refractivity contribution is -0.138. The van der Waals surface area contributed by atoms with Gasteiger partial charge in [0.15, 0.2) is 0 Å². The summed E-state index contributed by atoms with van der Waals surface area (Å²) in [4.78, 5) is 22.5. The maximum Gasteiger partial charge on any atom is 0.303 e. The fraction of sp³-hybridized carbons (Fsp3) is 0.926. The Morgan fingerprint density at radius 1 is 0.484 bits per heavy atom. The van der Waals surface area contributed by atoms with Crippen molar-refractivity contribution >= 4 is 11.9 Å². The highest BCUT2D eigenvalue weighted by molar-refractivity contribution is 5.67. The predicted octanol–water partition coefficient (Wildman–Crippen LogP) is 8.76. The molecule has 0 radical (unpaired) electrons. The van der Waals surface area contributed by atoms with Gasteiger partial charge in [0.2, 0.25) is 0 Å². The molecule has 0 aromatic rings. The molecule has 0 atom stereocenters. The molecule has 0 aromatic carbocycles. The third kappa shape index (κ3) is 19.4. The van der Waals surface area contributed by atoms with E-state index in [0.717, 1.165) is 25.7 Å². The van der Waals surface area contributed by atoms with Gasteiger partial charge in [-0.25, -0.2) is 0 Å². The van der Waals surface area contributed by atoms with Gasteiger partial charge in [-0.2, -0.15) is 0 Å². The quantitative estimate of drug-likeness (QED) is 0.147. The Balaban J connectivity index is 4.55. The molecule has 0 saturated carbocycles. The van der Waals surface area contributed by atoms with E-state index < -0.39 is 11.9 Å². The number of carboxylic acids is 2. The minimum Gasteiger partial charge on any atom is -0.481 e. The molecule has 184 valence electrons. The fourth-order valence-corrected chi connectivity index (χ4v) is 4.76. The van der Waals surface area contributed by atoms with E-state index in [2.05, 4.69) is 13.8 Å². The van der Waals surface area contributed by atoms with Crippen LogP contribution in [-0.2, 0) is 9.59 Å². The summed E-state index contributed by atoms with van der Waals surface area (Å²) >= 11 is 0. The van der Waals surface area contributed by atoms with Crippen LogP contribution in [0, 0.1) is 5.41 Å². The first kappa shape index (κ1) is 29.9. The van der Waals surface area contributed by atoms with Crippen molar-refractivity contribution < 1.29 is 19.8 Å². The Hall–Kier alpha value is -1.06. The van der Waals surface area contributed by atoms with Crippen LogP contribution in [0.1, 0.15) is 155 Å². The lowest BCUT2D eigenvalue weighted by atomic mass is 9.71. The minimum absolute atomic E-state index is 0.110. The van der Waals surface area contributed by atoms with Crippen molar-refractivity contribution in [1.82, 2.24) is 0 Å². The molecule has 4 nitrogen and oxygen atoms in total. The number of carbonyl (C=O) groups is 2. The first-order valence-electron chi connectivity index (χ1n) is 13.4. The first-order chi connectivity index (χ1) is 15.0. The highest BCUT2D eigenvalue weighted by Gasteiger charge is 2.30. The van der Waals surface area contributed by atoms with E-state index in [1.54, 1.807) is 0 Å². The van der Waals surface area contributed by atoms with Gasteiger partial charge in [-0.3, -0.25) is 9.59 Å². The van der Waals surface area contributed by atoms with Crippen molar-refractivity contribution in [3.05, 3.63) is 0 Å². The molecule has 0 amide bonds. The molecular formula is C27H52O4. The van der Waals surface area contributed by atoms with Crippen LogP contribution in [0.5, 0.6) is 0 Å². The van der Waals surface area contributed by atoms with E-state index in [9.17, 15) is 19.8 Å². The topological polar surface area (TPSA) is 74.6 Å². The highest BCUT2D eigenvalue weighted by atomic mass is 16.4. The molecule has 0 rings (SSSR count). The van der Waals surface area contributed by atoms with E-state index >= 15 is 0 Å². The van der Waals surface area contributed by atoms with Crippen molar-refractivity contribution in [2.75, 3.05) is 0 Å². The molecule has 0 unspecified atom stereocenters. The van der Waals surface area contributed by atoms with E-state index in [4.69, 9.17) is 0 Å². The van der Waals surface area contributed by atoms with Crippen LogP contribution in [0.3, 0.4) is 0 Å². The molecule has 2 N–H and O–H groups in total. The van der Waals surface area contributed by atoms with Crippen LogP contribution in [0.2, 0.25) is 0 Å². The lowest BCUT2D eigenvalue weighted by Gasteiger charge is -2.34. The van der Waals surface area contributed by atoms with Gasteiger partial charge in [0.25, 0.3) is 0 Å². The smallest absolute Gasteiger partial charge is 0.303 e. The number of rotatable bonds is 24. The van der Waals surface area contributed by atoms with E-state index in [-0.39, 0.29) is 18.3 Å². The van der Waals surface area contributed by atoms with Crippen LogP contribution in [0.4, 0.5) is 0 Å². The second kappa shape index (κ2) is 20.8. The Morgan fingerprint density at radius 2 is 0.774 bits per heavy atom. The van der Waals surface area contributed by atoms with Crippen molar-refractivity contribution in [2.24, 2.45) is 5.41 Å². The Kier molecular flexibility index (Phi) is 20.1. The predicted molar refractivity (Wildman–Crippen MR) is 131 cm³/mol. The summed E-state index contributed by atoms with van der Waals surface area (Å²) in [5.74, 6) is -1.52. The maximum atomic E-state index is 11.3. The van der Waals surface area contributed by atoms with Gasteiger partial charge in [0.05, 0.1) is 0 Å². The van der Waals surface area contributed by atoms with E-state index in [1.807, 2.05) is 0 Å². The first-order valence-corrected chi connectivity index (χ1v) is 13.4. The van der Waals surface area contributed by atoms with E-state index in [1.165, 1.54) is 89.9 Å². The Morgan fingerprint density at radius 3 is 1.06 bits per heavy atom. The largest absolute Gasteiger partial charge is 0.481 e. The SMILES string of the molecule is CCCCCCCCCCC(CCCCCCCCCC)(CCC(=O)O)CCC(=O)O. The van der Waals surface area contributed by atoms with Gasteiger partial charge in [0, 0.05) is 12.8 Å². The van der Waals surface area contributed by atoms with Crippen LogP contribution >= 0.6 is 0 Å². The molecule has 0 heterocycles. The van der Waals surface area contributed by atoms with Crippen molar-refractivity contribution in [3.8, 4) is 0 Å². The summed E-state index contributed by atoms with van der Waals surface area (Å²) < 4.78 is 0. The van der Waals surface area contributed by atoms with Crippen LogP contribution in [-0.4, -0.2) is 22.2 Å². The van der Waals surface area contributed by atoms with Gasteiger partial charge in [0.1, 0.15) is 0 Å². The summed E-state index contributed by atoms with van der Waals surface area (Å²) in [6, 6.07) is 0. The minimum atomic E-state index is -0.758. The summed E-state index contributed by atoms with van der Waals surface area (Å²) in [5, 5.41) is 18.5. The summed E-state index contributed by atoms with van der Waals surface area (Å²) in [5.41, 5.74) is -0.110. The zero-order chi connectivity index (χ0) is 23.2. The molecule has 0 aromatic heterocycles. The molecule has 0 saturated heterocycles. The van der Waals surface area contributed by atoms with Crippen molar-refractivity contribution in [3.63, 3.8) is 0 Å². The lowest BCUT2D eigenvalue weighted by Crippen LogP contribution is -2.24. The molecule has 0 fully saturated rings. The highest BCUT2D eigenvalue weighted by Crippen LogP contribution is 2.41. The van der Waals surface area contributed by atoms with Crippen molar-refractivity contribution in [1.29, 1.82) is 0 Å². The Labute approximate surface area is 192 Å². The third-order valence-corrected chi connectivity index (χ3v) is 6.86. The standard InChI is InChI=1S/C27H52O4/c1-3-5-7-9-11-13-15-17-21-27(23-19-25(28)29,24-20-26(30)31)22-18-16-14-12-10-8-6-4-2/h3-24H2,1-2H3,(H,28,29)(H,30,31). The number of carboxylic acid groups (broad SMARTS) is 2. The second-order valence-corrected chi connectivity index (χ2v) is 9.74. The van der Waals surface area contributed by atoms with Gasteiger partial charge in [-0.05, 0) is 31.1 Å². The van der Waals surface area contributed by atoms with Crippen LogP contribution in [0.25, 0.3) is 0 Å². The normalized spacial score (nSPS) is 11.7. The maximum absolute atomic E-state index is 11.3. The average molecular weight is 441 g/mol. The average Bonchev–Trinajstić information content (AvgIpc) is 2.74. The molecule has 31 heavy (non-hydrogen) atoms. The molecule has 0 spiro atoms. The van der Waals surface area contributed by atoms with Crippen molar-refractivity contribution in [2.45, 2.75) is 155 Å². The molecular weight excluding hydrogens is 388 g/mol. The molecule has 0 bridgehead atoms. The number of unbranched alkanes of at least 4 members (excludes halogenated alkanes) is 14. The number of hydrogen-bond donors (Lipinski definition) is 2. The molecule has 4 heteroatoms. The number of hydrogen-bond acceptors (Lipinski definition) is 2. The molecule has 0 aliphatic rings. The fourth-order valence-electron chi connectivity index (χ4n) is 4.76. The van der Waals surface area contributed by atoms with Crippen LogP contribution in [0.15, 0.2) is 0 Å². The molecule has 0 aliphatic carbocycles. The monoisotopic (exact) mass is 440 g/mol. The summed E-state index contributed by atoms with van der Waals surface area (Å²) in [7, 11) is 0. The van der Waals surface area contributed by atoms with Gasteiger partial charge in [-0.1, -0.05) is 117 Å². The summed E-state index contributed by atoms with van der Waals surface area (Å²) in [6.07, 6.45) is 23.7. The second-order valence-electron chi connectivity index (χ2n) is 9.74. The Bertz CT molecular complexity index is 393. The third-order valence-electron chi connectivity index (χ3n) is 6.86. The molecule has 0 aliphatic heterocycles. The van der Waals surface area contributed by atoms with Crippen LogP contribution < -0.4 is 0 Å². The van der Waals surface area contributed by atoms with E-state index in [0.29, 0.717) is 12.8 Å². The van der Waals surface area contributed by atoms with Gasteiger partial charge in [-0.15, -0.1) is 0 Å². The zero-order valence-corrected chi connectivity index (χ0v) is 20.8. The summed E-state index contributed by atoms with van der Waals surface area (Å²) in [6.45, 7) is 4.47. The number of aliphatic carboxylic acids is 2. The zero-order valence-electron chi connectivity index (χ0n) is 20.8. The van der Waals surface area contributed by atoms with Gasteiger partial charge < -0.3 is 10.2 Å². The van der Waals surface area contributed by atoms with Gasteiger partial charge >= 0.3 is 11.9 Å².